The van der Waals surface area contributed by atoms with Crippen LogP contribution in [0.25, 0.3) is 0 Å². The number of nitrogens with zero attached hydrogens (tertiary/aromatic N) is 1. The van der Waals surface area contributed by atoms with Crippen LogP contribution in [-0.4, -0.2) is 11.9 Å². The smallest absolute Gasteiger partial charge is 0.0536 e. The molecule has 1 heteroatoms. The number of rotatable bonds is 1. The summed E-state index contributed by atoms with van der Waals surface area (Å²) in [4.78, 5) is 2.39. The molecule has 0 bridgehead atoms. The fourth-order valence-corrected chi connectivity index (χ4v) is 2.71. The Bertz CT molecular complexity index is 419. The highest BCUT2D eigenvalue weighted by molar-refractivity contribution is 5.29. The van der Waals surface area contributed by atoms with E-state index in [1.54, 1.807) is 0 Å². The molecule has 0 saturated carbocycles. The normalized spacial score (nSPS) is 25.4. The molecule has 0 amide bonds. The summed E-state index contributed by atoms with van der Waals surface area (Å²) in [6, 6.07) is 9.31. The summed E-state index contributed by atoms with van der Waals surface area (Å²) in [5.41, 5.74) is 4.39. The van der Waals surface area contributed by atoms with Gasteiger partial charge in [0.25, 0.3) is 0 Å². The standard InChI is InChI=1S/C16H23N/c1-12-9-10-16(17(4)11-14(12)3)15-8-6-5-7-13(15)2/h5-8,11-12,16H,9-10H2,1-4H3. The lowest BCUT2D eigenvalue weighted by Gasteiger charge is -2.27. The van der Waals surface area contributed by atoms with Crippen LogP contribution in [0.1, 0.15) is 43.9 Å². The van der Waals surface area contributed by atoms with Crippen molar-refractivity contribution in [2.75, 3.05) is 7.05 Å². The first-order valence-corrected chi connectivity index (χ1v) is 6.55. The van der Waals surface area contributed by atoms with Crippen LogP contribution in [-0.2, 0) is 0 Å². The quantitative estimate of drug-likeness (QED) is 0.694. The third kappa shape index (κ3) is 2.54. The highest BCUT2D eigenvalue weighted by Gasteiger charge is 2.21. The average molecular weight is 229 g/mol. The van der Waals surface area contributed by atoms with E-state index in [1.807, 2.05) is 0 Å². The Hall–Kier alpha value is -1.24. The van der Waals surface area contributed by atoms with Gasteiger partial charge in [-0.25, -0.2) is 0 Å². The van der Waals surface area contributed by atoms with Crippen molar-refractivity contribution in [3.05, 3.63) is 47.2 Å². The number of benzene rings is 1. The van der Waals surface area contributed by atoms with Crippen molar-refractivity contribution in [1.82, 2.24) is 4.90 Å². The van der Waals surface area contributed by atoms with Crippen molar-refractivity contribution in [2.24, 2.45) is 5.92 Å². The zero-order chi connectivity index (χ0) is 12.4. The minimum atomic E-state index is 0.538. The SMILES string of the molecule is CC1=CN(C)C(c2ccccc2C)CCC1C. The molecule has 1 aliphatic heterocycles. The minimum Gasteiger partial charge on any atom is -0.373 e. The van der Waals surface area contributed by atoms with Crippen LogP contribution < -0.4 is 0 Å². The van der Waals surface area contributed by atoms with Crippen molar-refractivity contribution in [3.8, 4) is 0 Å². The van der Waals surface area contributed by atoms with Crippen molar-refractivity contribution in [3.63, 3.8) is 0 Å². The van der Waals surface area contributed by atoms with Crippen LogP contribution in [0.3, 0.4) is 0 Å². The van der Waals surface area contributed by atoms with Crippen LogP contribution in [0.5, 0.6) is 0 Å². The van der Waals surface area contributed by atoms with Gasteiger partial charge in [0, 0.05) is 7.05 Å². The number of hydrogen-bond donors (Lipinski definition) is 0. The molecule has 0 aliphatic carbocycles. The van der Waals surface area contributed by atoms with E-state index < -0.39 is 0 Å². The Balaban J connectivity index is 2.31. The van der Waals surface area contributed by atoms with Crippen molar-refractivity contribution < 1.29 is 0 Å². The minimum absolute atomic E-state index is 0.538. The fourth-order valence-electron chi connectivity index (χ4n) is 2.71. The lowest BCUT2D eigenvalue weighted by molar-refractivity contribution is 0.317. The molecular formula is C16H23N. The van der Waals surface area contributed by atoms with Gasteiger partial charge >= 0.3 is 0 Å². The van der Waals surface area contributed by atoms with E-state index in [0.29, 0.717) is 12.0 Å². The molecule has 2 rings (SSSR count). The van der Waals surface area contributed by atoms with Crippen LogP contribution in [0.4, 0.5) is 0 Å². The molecule has 2 unspecified atom stereocenters. The molecular weight excluding hydrogens is 206 g/mol. The molecule has 0 radical (unpaired) electrons. The zero-order valence-corrected chi connectivity index (χ0v) is 11.4. The summed E-state index contributed by atoms with van der Waals surface area (Å²) < 4.78 is 0. The predicted molar refractivity (Wildman–Crippen MR) is 73.8 cm³/mol. The summed E-state index contributed by atoms with van der Waals surface area (Å²) in [5.74, 6) is 0.714. The van der Waals surface area contributed by atoms with E-state index in [4.69, 9.17) is 0 Å². The van der Waals surface area contributed by atoms with E-state index in [1.165, 1.54) is 29.5 Å². The van der Waals surface area contributed by atoms with Gasteiger partial charge in [0.05, 0.1) is 6.04 Å². The molecule has 0 saturated heterocycles. The van der Waals surface area contributed by atoms with Crippen LogP contribution in [0.15, 0.2) is 36.0 Å². The molecule has 0 fully saturated rings. The van der Waals surface area contributed by atoms with Gasteiger partial charge in [-0.1, -0.05) is 36.8 Å². The Morgan fingerprint density at radius 3 is 2.53 bits per heavy atom. The number of hydrogen-bond acceptors (Lipinski definition) is 1. The number of aryl methyl sites for hydroxylation is 1. The predicted octanol–water partition coefficient (Wildman–Crippen LogP) is 4.30. The first-order chi connectivity index (χ1) is 8.09. The largest absolute Gasteiger partial charge is 0.373 e. The van der Waals surface area contributed by atoms with E-state index in [9.17, 15) is 0 Å². The van der Waals surface area contributed by atoms with Crippen LogP contribution in [0, 0.1) is 12.8 Å². The molecule has 2 atom stereocenters. The monoisotopic (exact) mass is 229 g/mol. The second-order valence-corrected chi connectivity index (χ2v) is 5.39. The Morgan fingerprint density at radius 1 is 1.12 bits per heavy atom. The second-order valence-electron chi connectivity index (χ2n) is 5.39. The van der Waals surface area contributed by atoms with Crippen molar-refractivity contribution >= 4 is 0 Å². The summed E-state index contributed by atoms with van der Waals surface area (Å²) in [5, 5.41) is 0. The van der Waals surface area contributed by atoms with Gasteiger partial charge in [0.2, 0.25) is 0 Å². The third-order valence-electron chi connectivity index (χ3n) is 4.10. The maximum atomic E-state index is 2.39. The first kappa shape index (κ1) is 12.2. The topological polar surface area (TPSA) is 3.24 Å². The van der Waals surface area contributed by atoms with Gasteiger partial charge in [-0.15, -0.1) is 0 Å². The summed E-state index contributed by atoms with van der Waals surface area (Å²) >= 11 is 0. The molecule has 1 aliphatic rings. The molecule has 1 aromatic rings. The maximum absolute atomic E-state index is 2.39. The van der Waals surface area contributed by atoms with Gasteiger partial charge in [-0.3, -0.25) is 0 Å². The van der Waals surface area contributed by atoms with Crippen LogP contribution >= 0.6 is 0 Å². The lowest BCUT2D eigenvalue weighted by Crippen LogP contribution is -2.19. The van der Waals surface area contributed by atoms with Crippen LogP contribution in [0.2, 0.25) is 0 Å². The average Bonchev–Trinajstić information content (AvgIpc) is 2.41. The zero-order valence-electron chi connectivity index (χ0n) is 11.4. The van der Waals surface area contributed by atoms with E-state index >= 15 is 0 Å². The van der Waals surface area contributed by atoms with E-state index in [0.717, 1.165) is 0 Å². The summed E-state index contributed by atoms with van der Waals surface area (Å²) in [7, 11) is 2.21. The Labute approximate surface area is 105 Å². The second kappa shape index (κ2) is 4.95. The highest BCUT2D eigenvalue weighted by Crippen LogP contribution is 2.33. The van der Waals surface area contributed by atoms with Gasteiger partial charge < -0.3 is 4.90 Å². The molecule has 0 spiro atoms. The summed E-state index contributed by atoms with van der Waals surface area (Å²) in [6.45, 7) is 6.80. The van der Waals surface area contributed by atoms with Gasteiger partial charge in [-0.2, -0.15) is 0 Å². The van der Waals surface area contributed by atoms with Gasteiger partial charge in [-0.05, 0) is 49.9 Å². The number of allylic oxidation sites excluding steroid dienone is 1. The van der Waals surface area contributed by atoms with Crippen molar-refractivity contribution in [1.29, 1.82) is 0 Å². The highest BCUT2D eigenvalue weighted by atomic mass is 15.1. The molecule has 1 aromatic carbocycles. The van der Waals surface area contributed by atoms with E-state index in [-0.39, 0.29) is 0 Å². The van der Waals surface area contributed by atoms with Gasteiger partial charge in [0.1, 0.15) is 0 Å². The Kier molecular flexibility index (Phi) is 3.56. The molecule has 0 aromatic heterocycles. The molecule has 17 heavy (non-hydrogen) atoms. The van der Waals surface area contributed by atoms with E-state index in [2.05, 4.69) is 63.2 Å². The molecule has 1 nitrogen and oxygen atoms in total. The lowest BCUT2D eigenvalue weighted by atomic mass is 9.93. The third-order valence-corrected chi connectivity index (χ3v) is 4.10. The Morgan fingerprint density at radius 2 is 1.82 bits per heavy atom. The van der Waals surface area contributed by atoms with Gasteiger partial charge in [0.15, 0.2) is 0 Å². The maximum Gasteiger partial charge on any atom is 0.0536 e. The molecule has 92 valence electrons. The summed E-state index contributed by atoms with van der Waals surface area (Å²) in [6.07, 6.45) is 4.86. The molecule has 0 N–H and O–H groups in total. The molecule has 1 heterocycles. The first-order valence-electron chi connectivity index (χ1n) is 6.55. The van der Waals surface area contributed by atoms with Crippen molar-refractivity contribution in [2.45, 2.75) is 39.7 Å². The fraction of sp³-hybridized carbons (Fsp3) is 0.500.